The third-order valence-electron chi connectivity index (χ3n) is 7.25. The lowest BCUT2D eigenvalue weighted by molar-refractivity contribution is -0.117. The first-order valence-electron chi connectivity index (χ1n) is 12.5. The lowest BCUT2D eigenvalue weighted by Gasteiger charge is -2.31. The van der Waals surface area contributed by atoms with Crippen molar-refractivity contribution in [1.29, 1.82) is 0 Å². The lowest BCUT2D eigenvalue weighted by atomic mass is 9.96. The summed E-state index contributed by atoms with van der Waals surface area (Å²) < 4.78 is 16.9. The van der Waals surface area contributed by atoms with Crippen LogP contribution in [0.5, 0.6) is 0 Å². The number of amides is 1. The van der Waals surface area contributed by atoms with Gasteiger partial charge in [-0.15, -0.1) is 0 Å². The van der Waals surface area contributed by atoms with Crippen molar-refractivity contribution in [2.45, 2.75) is 44.9 Å². The zero-order valence-electron chi connectivity index (χ0n) is 20.8. The number of halogens is 1. The Labute approximate surface area is 217 Å². The standard InChI is InChI=1S/C26H27FN8O3/c1-34-12-19(37)23(32-26-29-8-4-9-30-26)22(33-34)14-7-10-28-21(16(14)13-36)17-11-35-18-6-3-2-5-15(18)20(27)24(35)25(38)31-17/h4,7-10,17,33,36H,2-3,5-6,11-13H2,1H3,(H,31,38)(H,29,30,32). The van der Waals surface area contributed by atoms with Crippen molar-refractivity contribution >= 4 is 23.3 Å². The second-order valence-electron chi connectivity index (χ2n) is 9.65. The number of hydrogen-bond acceptors (Lipinski definition) is 9. The van der Waals surface area contributed by atoms with Crippen LogP contribution in [0.1, 0.15) is 57.5 Å². The molecule has 0 radical (unpaired) electrons. The van der Waals surface area contributed by atoms with Gasteiger partial charge >= 0.3 is 0 Å². The number of aliphatic hydroxyl groups excluding tert-OH is 1. The first kappa shape index (κ1) is 24.2. The maximum Gasteiger partial charge on any atom is 0.271 e. The van der Waals surface area contributed by atoms with E-state index < -0.39 is 24.4 Å². The number of ketones is 1. The minimum Gasteiger partial charge on any atom is -0.392 e. The molecule has 0 bridgehead atoms. The van der Waals surface area contributed by atoms with Crippen molar-refractivity contribution in [3.05, 3.63) is 76.0 Å². The first-order chi connectivity index (χ1) is 18.5. The van der Waals surface area contributed by atoms with Crippen molar-refractivity contribution in [1.82, 2.24) is 35.3 Å². The summed E-state index contributed by atoms with van der Waals surface area (Å²) in [6.07, 6.45) is 7.88. The fourth-order valence-corrected chi connectivity index (χ4v) is 5.59. The number of Topliss-reactive ketones (excluding diaryl/α,β-unsaturated/α-hetero) is 1. The third kappa shape index (κ3) is 4.02. The molecular weight excluding hydrogens is 491 g/mol. The second-order valence-corrected chi connectivity index (χ2v) is 9.65. The highest BCUT2D eigenvalue weighted by molar-refractivity contribution is 6.07. The summed E-state index contributed by atoms with van der Waals surface area (Å²) in [6, 6.07) is 2.78. The number of aliphatic hydroxyl groups is 1. The number of anilines is 1. The number of hydrazine groups is 1. The average molecular weight is 519 g/mol. The molecule has 5 heterocycles. The predicted octanol–water partition coefficient (Wildman–Crippen LogP) is 1.47. The van der Waals surface area contributed by atoms with Crippen LogP contribution < -0.4 is 16.1 Å². The van der Waals surface area contributed by atoms with Crippen LogP contribution >= 0.6 is 0 Å². The van der Waals surface area contributed by atoms with E-state index in [1.54, 1.807) is 47.3 Å². The Morgan fingerprint density at radius 2 is 1.95 bits per heavy atom. The summed E-state index contributed by atoms with van der Waals surface area (Å²) in [6.45, 7) is 0.00988. The molecule has 12 heteroatoms. The van der Waals surface area contributed by atoms with Gasteiger partial charge in [0, 0.05) is 54.6 Å². The van der Waals surface area contributed by atoms with Crippen LogP contribution in [0.4, 0.5) is 10.3 Å². The van der Waals surface area contributed by atoms with Crippen LogP contribution in [-0.2, 0) is 30.8 Å². The number of fused-ring (bicyclic) bond motifs is 3. The SMILES string of the molecule is CN1CC(=O)C(Nc2ncccn2)=C(c2ccnc(C3Cn4c5c(c(F)c4C(=O)N3)CCCC5)c2CO)N1. The number of nitrogens with one attached hydrogen (secondary N) is 3. The highest BCUT2D eigenvalue weighted by atomic mass is 19.1. The van der Waals surface area contributed by atoms with Gasteiger partial charge in [-0.05, 0) is 37.8 Å². The fraction of sp³-hybridized carbons (Fsp3) is 0.346. The van der Waals surface area contributed by atoms with Gasteiger partial charge in [0.1, 0.15) is 11.4 Å². The molecule has 1 aliphatic carbocycles. The molecular formula is C26H27FN8O3. The molecule has 1 amide bonds. The summed E-state index contributed by atoms with van der Waals surface area (Å²) in [4.78, 5) is 39.0. The van der Waals surface area contributed by atoms with Gasteiger partial charge in [0.05, 0.1) is 30.6 Å². The van der Waals surface area contributed by atoms with Gasteiger partial charge < -0.3 is 25.7 Å². The van der Waals surface area contributed by atoms with Gasteiger partial charge in [0.2, 0.25) is 5.95 Å². The Hall–Kier alpha value is -4.16. The van der Waals surface area contributed by atoms with Crippen molar-refractivity contribution in [3.63, 3.8) is 0 Å². The quantitative estimate of drug-likeness (QED) is 0.396. The van der Waals surface area contributed by atoms with Crippen LogP contribution in [0, 0.1) is 5.82 Å². The number of carbonyl (C=O) groups is 2. The summed E-state index contributed by atoms with van der Waals surface area (Å²) >= 11 is 0. The summed E-state index contributed by atoms with van der Waals surface area (Å²) in [5.74, 6) is -0.874. The fourth-order valence-electron chi connectivity index (χ4n) is 5.59. The minimum absolute atomic E-state index is 0.0630. The van der Waals surface area contributed by atoms with Crippen molar-refractivity contribution < 1.29 is 19.1 Å². The number of nitrogens with zero attached hydrogens (tertiary/aromatic N) is 5. The van der Waals surface area contributed by atoms with Gasteiger partial charge in [-0.25, -0.2) is 19.4 Å². The van der Waals surface area contributed by atoms with Crippen molar-refractivity contribution in [3.8, 4) is 0 Å². The van der Waals surface area contributed by atoms with Gasteiger partial charge in [-0.3, -0.25) is 14.6 Å². The summed E-state index contributed by atoms with van der Waals surface area (Å²) in [7, 11) is 1.74. The van der Waals surface area contributed by atoms with E-state index in [9.17, 15) is 14.7 Å². The summed E-state index contributed by atoms with van der Waals surface area (Å²) in [5, 5.41) is 18.0. The molecule has 0 saturated heterocycles. The molecule has 196 valence electrons. The zero-order valence-corrected chi connectivity index (χ0v) is 20.8. The van der Waals surface area contributed by atoms with Crippen molar-refractivity contribution in [2.75, 3.05) is 18.9 Å². The van der Waals surface area contributed by atoms with Crippen LogP contribution in [0.3, 0.4) is 0 Å². The van der Waals surface area contributed by atoms with Crippen LogP contribution in [0.15, 0.2) is 36.4 Å². The van der Waals surface area contributed by atoms with Gasteiger partial charge in [0.25, 0.3) is 5.91 Å². The highest BCUT2D eigenvalue weighted by Gasteiger charge is 2.36. The summed E-state index contributed by atoms with van der Waals surface area (Å²) in [5.41, 5.74) is 6.87. The van der Waals surface area contributed by atoms with E-state index in [0.29, 0.717) is 47.5 Å². The number of carbonyl (C=O) groups excluding carboxylic acids is 2. The largest absolute Gasteiger partial charge is 0.392 e. The highest BCUT2D eigenvalue weighted by Crippen LogP contribution is 2.35. The van der Waals surface area contributed by atoms with E-state index in [-0.39, 0.29) is 29.7 Å². The molecule has 0 aromatic carbocycles. The van der Waals surface area contributed by atoms with Crippen LogP contribution in [0.25, 0.3) is 5.70 Å². The molecule has 38 heavy (non-hydrogen) atoms. The molecule has 1 unspecified atom stereocenters. The predicted molar refractivity (Wildman–Crippen MR) is 135 cm³/mol. The van der Waals surface area contributed by atoms with Gasteiger partial charge in [0.15, 0.2) is 11.6 Å². The topological polar surface area (TPSA) is 137 Å². The molecule has 2 aliphatic heterocycles. The molecule has 3 aromatic heterocycles. The number of hydrogen-bond donors (Lipinski definition) is 4. The molecule has 4 N–H and O–H groups in total. The molecule has 3 aliphatic rings. The monoisotopic (exact) mass is 518 g/mol. The average Bonchev–Trinajstić information content (AvgIpc) is 3.22. The van der Waals surface area contributed by atoms with E-state index in [1.165, 1.54) is 0 Å². The molecule has 0 fully saturated rings. The van der Waals surface area contributed by atoms with E-state index in [4.69, 9.17) is 0 Å². The normalized spacial score (nSPS) is 19.5. The van der Waals surface area contributed by atoms with Crippen LogP contribution in [-0.4, -0.2) is 54.9 Å². The number of likely N-dealkylation sites (N-methyl/N-ethyl adjacent to an activating group) is 1. The molecule has 0 spiro atoms. The Bertz CT molecular complexity index is 1470. The first-order valence-corrected chi connectivity index (χ1v) is 12.5. The zero-order chi connectivity index (χ0) is 26.4. The molecule has 6 rings (SSSR count). The van der Waals surface area contributed by atoms with E-state index in [0.717, 1.165) is 18.5 Å². The third-order valence-corrected chi connectivity index (χ3v) is 7.25. The minimum atomic E-state index is -0.596. The number of pyridine rings is 1. The molecule has 11 nitrogen and oxygen atoms in total. The van der Waals surface area contributed by atoms with E-state index in [2.05, 4.69) is 31.0 Å². The molecule has 0 saturated carbocycles. The number of aromatic nitrogens is 4. The Morgan fingerprint density at radius 1 is 1.16 bits per heavy atom. The molecule has 3 aromatic rings. The van der Waals surface area contributed by atoms with E-state index >= 15 is 4.39 Å². The molecule has 1 atom stereocenters. The Morgan fingerprint density at radius 3 is 2.74 bits per heavy atom. The maximum absolute atomic E-state index is 15.1. The van der Waals surface area contributed by atoms with E-state index in [1.807, 2.05) is 0 Å². The maximum atomic E-state index is 15.1. The Kier molecular flexibility index (Phi) is 6.12. The Balaban J connectivity index is 1.43. The second kappa shape index (κ2) is 9.62. The van der Waals surface area contributed by atoms with Gasteiger partial charge in [-0.1, -0.05) is 0 Å². The van der Waals surface area contributed by atoms with Crippen LogP contribution in [0.2, 0.25) is 0 Å². The lowest BCUT2D eigenvalue weighted by Crippen LogP contribution is -2.45. The van der Waals surface area contributed by atoms with Gasteiger partial charge in [-0.2, -0.15) is 0 Å². The smallest absolute Gasteiger partial charge is 0.271 e. The van der Waals surface area contributed by atoms with Crippen molar-refractivity contribution in [2.24, 2.45) is 0 Å². The number of rotatable bonds is 5.